The van der Waals surface area contributed by atoms with E-state index in [2.05, 4.69) is 0 Å². The second kappa shape index (κ2) is 15.8. The molecule has 0 aromatic heterocycles. The van der Waals surface area contributed by atoms with E-state index in [9.17, 15) is 29.1 Å². The van der Waals surface area contributed by atoms with Crippen LogP contribution in [-0.2, 0) is 47.6 Å². The maximum atomic E-state index is 12.8. The van der Waals surface area contributed by atoms with Gasteiger partial charge in [0.2, 0.25) is 12.4 Å². The number of carbonyl (C=O) groups is 5. The van der Waals surface area contributed by atoms with Crippen molar-refractivity contribution in [1.29, 1.82) is 0 Å². The topological polar surface area (TPSA) is 173 Å². The molecule has 3 rings (SSSR count). The number of likely N-dealkylation sites (N-methyl/N-ethyl adjacent to an activating group) is 1. The number of hydrogen-bond donors (Lipinski definition) is 1. The van der Waals surface area contributed by atoms with Crippen molar-refractivity contribution in [3.05, 3.63) is 29.8 Å². The number of esters is 4. The number of amides is 1. The van der Waals surface area contributed by atoms with Crippen molar-refractivity contribution in [1.82, 2.24) is 4.90 Å². The highest BCUT2D eigenvalue weighted by Gasteiger charge is 2.56. The van der Waals surface area contributed by atoms with Crippen molar-refractivity contribution in [2.45, 2.75) is 121 Å². The average molecular weight is 666 g/mol. The van der Waals surface area contributed by atoms with Gasteiger partial charge < -0.3 is 43.2 Å². The zero-order valence-corrected chi connectivity index (χ0v) is 28.3. The summed E-state index contributed by atoms with van der Waals surface area (Å²) in [6, 6.07) is 6.68. The smallest absolute Gasteiger partial charge is 0.410 e. The Morgan fingerprint density at radius 3 is 1.94 bits per heavy atom. The number of ether oxygens (including phenoxy) is 7. The van der Waals surface area contributed by atoms with Gasteiger partial charge >= 0.3 is 30.0 Å². The Hall–Kier alpha value is -3.91. The maximum Gasteiger partial charge on any atom is 0.410 e. The van der Waals surface area contributed by atoms with Crippen molar-refractivity contribution in [2.75, 3.05) is 20.7 Å². The fraction of sp³-hybridized carbons (Fsp3) is 0.667. The monoisotopic (exact) mass is 665 g/mol. The van der Waals surface area contributed by atoms with Gasteiger partial charge in [-0.25, -0.2) is 9.59 Å². The molecule has 1 heterocycles. The van der Waals surface area contributed by atoms with Crippen LogP contribution in [0.4, 0.5) is 4.79 Å². The lowest BCUT2D eigenvalue weighted by Gasteiger charge is -2.43. The number of carbonyl (C=O) groups excluding carboxylic acids is 5. The molecule has 14 heteroatoms. The van der Waals surface area contributed by atoms with Crippen LogP contribution in [0.25, 0.3) is 0 Å². The summed E-state index contributed by atoms with van der Waals surface area (Å²) < 4.78 is 38.4. The Labute approximate surface area is 274 Å². The minimum atomic E-state index is -1.60. The first-order chi connectivity index (χ1) is 21.9. The van der Waals surface area contributed by atoms with Gasteiger partial charge in [0.15, 0.2) is 18.3 Å². The van der Waals surface area contributed by atoms with Crippen LogP contribution >= 0.6 is 0 Å². The Morgan fingerprint density at radius 2 is 1.43 bits per heavy atom. The molecule has 1 aromatic carbocycles. The first-order valence-electron chi connectivity index (χ1n) is 15.6. The number of nitrogens with zero attached hydrogens (tertiary/aromatic N) is 1. The standard InChI is InChI=1S/C33H47NO13/c1-19(35)42-25-26(43-20(2)36)28(44-21(3)37)30(46-27(25)29(38)41-8)45-23-14-12-22(13-15-23)24(33(40)16-10-9-11-17-33)18-34(7)31(39)47-32(4,5)6/h12-15,24-28,30,40H,9-11,16-18H2,1-8H3/t24-,25+,26+,27+,28-,30-/m1/s1. The van der Waals surface area contributed by atoms with E-state index in [1.54, 1.807) is 52.1 Å². The maximum absolute atomic E-state index is 12.8. The predicted molar refractivity (Wildman–Crippen MR) is 164 cm³/mol. The Morgan fingerprint density at radius 1 is 0.894 bits per heavy atom. The van der Waals surface area contributed by atoms with Crippen LogP contribution in [0.3, 0.4) is 0 Å². The summed E-state index contributed by atoms with van der Waals surface area (Å²) in [4.78, 5) is 63.1. The van der Waals surface area contributed by atoms with Crippen LogP contribution in [0.2, 0.25) is 0 Å². The summed E-state index contributed by atoms with van der Waals surface area (Å²) in [5.41, 5.74) is -1.02. The summed E-state index contributed by atoms with van der Waals surface area (Å²) >= 11 is 0. The molecule has 47 heavy (non-hydrogen) atoms. The number of aliphatic hydroxyl groups is 1. The van der Waals surface area contributed by atoms with E-state index in [4.69, 9.17) is 33.2 Å². The van der Waals surface area contributed by atoms with E-state index in [1.807, 2.05) is 0 Å². The third kappa shape index (κ3) is 10.3. The van der Waals surface area contributed by atoms with Crippen molar-refractivity contribution in [2.24, 2.45) is 0 Å². The molecule has 0 spiro atoms. The molecule has 1 amide bonds. The van der Waals surface area contributed by atoms with Crippen LogP contribution in [0.5, 0.6) is 5.75 Å². The van der Waals surface area contributed by atoms with Crippen molar-refractivity contribution in [3.63, 3.8) is 0 Å². The van der Waals surface area contributed by atoms with Crippen molar-refractivity contribution in [3.8, 4) is 5.75 Å². The molecular formula is C33H47NO13. The van der Waals surface area contributed by atoms with Crippen LogP contribution in [-0.4, -0.2) is 103 Å². The van der Waals surface area contributed by atoms with E-state index >= 15 is 0 Å². The molecule has 14 nitrogen and oxygen atoms in total. The molecule has 1 saturated heterocycles. The molecule has 0 radical (unpaired) electrons. The van der Waals surface area contributed by atoms with Crippen LogP contribution in [0.1, 0.15) is 85.1 Å². The quantitative estimate of drug-likeness (QED) is 0.285. The summed E-state index contributed by atoms with van der Waals surface area (Å²) in [6.07, 6.45) is -4.26. The summed E-state index contributed by atoms with van der Waals surface area (Å²) in [5.74, 6) is -3.60. The highest BCUT2D eigenvalue weighted by atomic mass is 16.7. The van der Waals surface area contributed by atoms with Gasteiger partial charge in [-0.05, 0) is 51.3 Å². The fourth-order valence-electron chi connectivity index (χ4n) is 5.87. The zero-order valence-electron chi connectivity index (χ0n) is 28.3. The Balaban J connectivity index is 1.95. The van der Waals surface area contributed by atoms with Gasteiger partial charge in [0.05, 0.1) is 12.7 Å². The Kier molecular flexibility index (Phi) is 12.6. The van der Waals surface area contributed by atoms with Gasteiger partial charge in [-0.2, -0.15) is 0 Å². The summed E-state index contributed by atoms with van der Waals surface area (Å²) in [6.45, 7) is 8.84. The SMILES string of the molecule is COC(=O)[C@H]1O[C@@H](Oc2ccc([C@@H](CN(C)C(=O)OC(C)(C)C)C3(O)CCCCC3)cc2)[C@H](OC(C)=O)[C@@H](OC(C)=O)[C@@H]1OC(C)=O. The fourth-order valence-corrected chi connectivity index (χ4v) is 5.87. The third-order valence-corrected chi connectivity index (χ3v) is 7.90. The van der Waals surface area contributed by atoms with Crippen molar-refractivity contribution >= 4 is 30.0 Å². The molecule has 0 bridgehead atoms. The molecule has 0 unspecified atom stereocenters. The van der Waals surface area contributed by atoms with Gasteiger partial charge in [-0.1, -0.05) is 31.4 Å². The largest absolute Gasteiger partial charge is 0.467 e. The lowest BCUT2D eigenvalue weighted by atomic mass is 9.72. The number of rotatable bonds is 10. The van der Waals surface area contributed by atoms with Crippen LogP contribution in [0.15, 0.2) is 24.3 Å². The molecule has 262 valence electrons. The molecule has 1 aliphatic carbocycles. The second-order valence-corrected chi connectivity index (χ2v) is 12.9. The highest BCUT2D eigenvalue weighted by molar-refractivity contribution is 5.77. The van der Waals surface area contributed by atoms with Crippen LogP contribution < -0.4 is 4.74 Å². The molecule has 2 fully saturated rings. The highest BCUT2D eigenvalue weighted by Crippen LogP contribution is 2.41. The van der Waals surface area contributed by atoms with Gasteiger partial charge in [0.25, 0.3) is 0 Å². The minimum absolute atomic E-state index is 0.189. The number of hydrogen-bond acceptors (Lipinski definition) is 13. The van der Waals surface area contributed by atoms with Gasteiger partial charge in [0, 0.05) is 40.3 Å². The van der Waals surface area contributed by atoms with E-state index in [1.165, 1.54) is 4.90 Å². The molecular weight excluding hydrogens is 618 g/mol. The minimum Gasteiger partial charge on any atom is -0.467 e. The van der Waals surface area contributed by atoms with E-state index in [-0.39, 0.29) is 12.3 Å². The van der Waals surface area contributed by atoms with Gasteiger partial charge in [-0.15, -0.1) is 0 Å². The predicted octanol–water partition coefficient (Wildman–Crippen LogP) is 3.40. The normalized spacial score (nSPS) is 24.6. The first kappa shape index (κ1) is 37.5. The van der Waals surface area contributed by atoms with Gasteiger partial charge in [0.1, 0.15) is 11.4 Å². The molecule has 1 saturated carbocycles. The molecule has 2 aliphatic rings. The molecule has 1 aromatic rings. The first-order valence-corrected chi connectivity index (χ1v) is 15.6. The lowest BCUT2D eigenvalue weighted by Crippen LogP contribution is -2.64. The summed E-state index contributed by atoms with van der Waals surface area (Å²) in [5, 5.41) is 11.8. The second-order valence-electron chi connectivity index (χ2n) is 12.9. The number of methoxy groups -OCH3 is 1. The lowest BCUT2D eigenvalue weighted by molar-refractivity contribution is -0.282. The van der Waals surface area contributed by atoms with Crippen LogP contribution in [0, 0.1) is 0 Å². The Bertz CT molecular complexity index is 1270. The van der Waals surface area contributed by atoms with Crippen molar-refractivity contribution < 1.29 is 62.2 Å². The molecule has 6 atom stereocenters. The number of benzene rings is 1. The van der Waals surface area contributed by atoms with E-state index < -0.39 is 77.8 Å². The third-order valence-electron chi connectivity index (χ3n) is 7.90. The average Bonchev–Trinajstić information content (AvgIpc) is 2.97. The van der Waals surface area contributed by atoms with E-state index in [0.717, 1.165) is 52.7 Å². The molecule has 1 N–H and O–H groups in total. The zero-order chi connectivity index (χ0) is 35.1. The van der Waals surface area contributed by atoms with E-state index in [0.29, 0.717) is 12.8 Å². The van der Waals surface area contributed by atoms with Gasteiger partial charge in [-0.3, -0.25) is 14.4 Å². The summed E-state index contributed by atoms with van der Waals surface area (Å²) in [7, 11) is 2.72. The molecule has 1 aliphatic heterocycles.